The summed E-state index contributed by atoms with van der Waals surface area (Å²) in [6, 6.07) is 16.7. The summed E-state index contributed by atoms with van der Waals surface area (Å²) in [6.45, 7) is 0. The minimum absolute atomic E-state index is 0.454. The zero-order valence-corrected chi connectivity index (χ0v) is 12.7. The molecule has 2 N–H and O–H groups in total. The molecule has 2 aromatic carbocycles. The lowest BCUT2D eigenvalue weighted by Crippen LogP contribution is -2.51. The highest BCUT2D eigenvalue weighted by atomic mass is 32.1. The number of thiocarbonyl (C=S) groups is 1. The third-order valence-corrected chi connectivity index (χ3v) is 4.79. The Morgan fingerprint density at radius 1 is 0.905 bits per heavy atom. The van der Waals surface area contributed by atoms with Crippen LogP contribution in [0.1, 0.15) is 11.1 Å². The Bertz CT molecular complexity index is 697. The van der Waals surface area contributed by atoms with Gasteiger partial charge in [-0.05, 0) is 24.4 Å². The van der Waals surface area contributed by atoms with Crippen LogP contribution in [0.15, 0.2) is 48.5 Å². The van der Waals surface area contributed by atoms with Crippen LogP contribution in [0, 0.1) is 0 Å². The van der Waals surface area contributed by atoms with Crippen molar-refractivity contribution < 1.29 is 0 Å². The van der Waals surface area contributed by atoms with Gasteiger partial charge in [-0.25, -0.2) is 0 Å². The zero-order chi connectivity index (χ0) is 14.6. The first kappa shape index (κ1) is 12.6. The molecule has 2 aromatic rings. The van der Waals surface area contributed by atoms with E-state index in [1.807, 2.05) is 24.2 Å². The van der Waals surface area contributed by atoms with Crippen LogP contribution in [0.2, 0.25) is 0 Å². The summed E-state index contributed by atoms with van der Waals surface area (Å²) in [5, 5.41) is 11.9. The number of fused-ring (bicyclic) bond motifs is 4. The third-order valence-electron chi connectivity index (χ3n) is 4.42. The van der Waals surface area contributed by atoms with Crippen molar-refractivity contribution in [3.63, 3.8) is 0 Å². The molecule has 2 aliphatic heterocycles. The van der Waals surface area contributed by atoms with Gasteiger partial charge in [-0.15, -0.1) is 0 Å². The molecule has 0 aromatic heterocycles. The Morgan fingerprint density at radius 3 is 1.90 bits per heavy atom. The predicted molar refractivity (Wildman–Crippen MR) is 88.2 cm³/mol. The molecule has 4 nitrogen and oxygen atoms in total. The molecule has 0 bridgehead atoms. The first-order valence-electron chi connectivity index (χ1n) is 6.90. The van der Waals surface area contributed by atoms with Crippen LogP contribution in [0.3, 0.4) is 0 Å². The van der Waals surface area contributed by atoms with Gasteiger partial charge in [0.1, 0.15) is 0 Å². The molecule has 1 fully saturated rings. The van der Waals surface area contributed by atoms with Crippen LogP contribution >= 0.6 is 12.2 Å². The minimum Gasteiger partial charge on any atom is -0.355 e. The van der Waals surface area contributed by atoms with E-state index in [0.29, 0.717) is 0 Å². The van der Waals surface area contributed by atoms with Crippen molar-refractivity contribution in [2.75, 3.05) is 19.4 Å². The lowest BCUT2D eigenvalue weighted by molar-refractivity contribution is 0.0347. The summed E-state index contributed by atoms with van der Waals surface area (Å²) < 4.78 is 0. The molecule has 0 saturated carbocycles. The number of hydrazine groups is 1. The number of para-hydroxylation sites is 2. The molecule has 0 radical (unpaired) electrons. The number of hydrogen-bond donors (Lipinski definition) is 2. The van der Waals surface area contributed by atoms with Crippen LogP contribution < -0.4 is 10.6 Å². The number of rotatable bonds is 0. The fourth-order valence-electron chi connectivity index (χ4n) is 3.27. The molecule has 0 aliphatic carbocycles. The second-order valence-corrected chi connectivity index (χ2v) is 5.79. The van der Waals surface area contributed by atoms with Crippen molar-refractivity contribution in [1.82, 2.24) is 15.3 Å². The molecule has 2 heterocycles. The maximum absolute atomic E-state index is 5.48. The SMILES string of the molecule is CN1C(=S)NC2(c3ccccc3Nc3ccccc32)N1C. The normalized spacial score (nSPS) is 19.0. The van der Waals surface area contributed by atoms with Crippen molar-refractivity contribution in [3.05, 3.63) is 59.7 Å². The van der Waals surface area contributed by atoms with Gasteiger partial charge in [0.15, 0.2) is 10.8 Å². The fraction of sp³-hybridized carbons (Fsp3) is 0.188. The van der Waals surface area contributed by atoms with E-state index in [9.17, 15) is 0 Å². The molecule has 4 rings (SSSR count). The van der Waals surface area contributed by atoms with E-state index in [4.69, 9.17) is 12.2 Å². The predicted octanol–water partition coefficient (Wildman–Crippen LogP) is 2.61. The highest BCUT2D eigenvalue weighted by Gasteiger charge is 2.51. The summed E-state index contributed by atoms with van der Waals surface area (Å²) >= 11 is 5.48. The van der Waals surface area contributed by atoms with Crippen LogP contribution in [0.25, 0.3) is 0 Å². The maximum Gasteiger partial charge on any atom is 0.185 e. The van der Waals surface area contributed by atoms with E-state index in [2.05, 4.69) is 59.1 Å². The summed E-state index contributed by atoms with van der Waals surface area (Å²) in [5.41, 5.74) is 4.11. The lowest BCUT2D eigenvalue weighted by Gasteiger charge is -2.42. The topological polar surface area (TPSA) is 30.5 Å². The van der Waals surface area contributed by atoms with E-state index in [1.54, 1.807) is 0 Å². The van der Waals surface area contributed by atoms with E-state index in [-0.39, 0.29) is 0 Å². The van der Waals surface area contributed by atoms with Gasteiger partial charge in [-0.3, -0.25) is 5.01 Å². The fourth-order valence-corrected chi connectivity index (χ4v) is 3.54. The van der Waals surface area contributed by atoms with Crippen LogP contribution in [0.4, 0.5) is 11.4 Å². The number of benzene rings is 2. The van der Waals surface area contributed by atoms with Crippen molar-refractivity contribution >= 4 is 28.7 Å². The van der Waals surface area contributed by atoms with Gasteiger partial charge < -0.3 is 10.6 Å². The van der Waals surface area contributed by atoms with E-state index < -0.39 is 5.66 Å². The first-order valence-corrected chi connectivity index (χ1v) is 7.31. The Morgan fingerprint density at radius 2 is 1.43 bits per heavy atom. The second kappa shape index (κ2) is 4.19. The Labute approximate surface area is 129 Å². The zero-order valence-electron chi connectivity index (χ0n) is 11.9. The molecule has 0 atom stereocenters. The van der Waals surface area contributed by atoms with E-state index >= 15 is 0 Å². The van der Waals surface area contributed by atoms with Crippen LogP contribution in [-0.4, -0.2) is 29.2 Å². The summed E-state index contributed by atoms with van der Waals surface area (Å²) in [6.07, 6.45) is 0. The van der Waals surface area contributed by atoms with Gasteiger partial charge in [0.05, 0.1) is 0 Å². The average molecular weight is 296 g/mol. The van der Waals surface area contributed by atoms with Gasteiger partial charge in [0.2, 0.25) is 0 Å². The van der Waals surface area contributed by atoms with Gasteiger partial charge in [0.25, 0.3) is 0 Å². The number of hydrogen-bond acceptors (Lipinski definition) is 3. The van der Waals surface area contributed by atoms with Crippen molar-refractivity contribution in [2.45, 2.75) is 5.66 Å². The average Bonchev–Trinajstić information content (AvgIpc) is 2.73. The number of nitrogens with zero attached hydrogens (tertiary/aromatic N) is 2. The first-order chi connectivity index (χ1) is 10.1. The Kier molecular flexibility index (Phi) is 2.52. The molecule has 5 heteroatoms. The molecular formula is C16H16N4S. The van der Waals surface area contributed by atoms with Gasteiger partial charge >= 0.3 is 0 Å². The standard InChI is InChI=1S/C16H16N4S/c1-19-15(21)18-16(20(19)2)11-7-3-5-9-13(11)17-14-10-6-4-8-12(14)16/h3-10,17H,1-2H3,(H,18,21). The molecule has 0 amide bonds. The molecule has 1 saturated heterocycles. The Balaban J connectivity index is 2.05. The van der Waals surface area contributed by atoms with Crippen LogP contribution in [0.5, 0.6) is 0 Å². The smallest absolute Gasteiger partial charge is 0.185 e. The number of anilines is 2. The molecule has 21 heavy (non-hydrogen) atoms. The molecule has 0 unspecified atom stereocenters. The molecule has 2 aliphatic rings. The third kappa shape index (κ3) is 1.50. The lowest BCUT2D eigenvalue weighted by atomic mass is 9.85. The minimum atomic E-state index is -0.454. The van der Waals surface area contributed by atoms with Crippen molar-refractivity contribution in [1.29, 1.82) is 0 Å². The van der Waals surface area contributed by atoms with Gasteiger partial charge in [-0.2, -0.15) is 5.01 Å². The van der Waals surface area contributed by atoms with Crippen LogP contribution in [-0.2, 0) is 5.66 Å². The summed E-state index contributed by atoms with van der Waals surface area (Å²) in [7, 11) is 4.04. The van der Waals surface area contributed by atoms with Crippen molar-refractivity contribution in [2.24, 2.45) is 0 Å². The molecular weight excluding hydrogens is 280 g/mol. The quantitative estimate of drug-likeness (QED) is 0.730. The highest BCUT2D eigenvalue weighted by Crippen LogP contribution is 2.47. The van der Waals surface area contributed by atoms with E-state index in [1.165, 1.54) is 11.1 Å². The Hall–Kier alpha value is -2.11. The molecule has 1 spiro atoms. The largest absolute Gasteiger partial charge is 0.355 e. The maximum atomic E-state index is 5.48. The highest BCUT2D eigenvalue weighted by molar-refractivity contribution is 7.80. The number of nitrogens with one attached hydrogen (secondary N) is 2. The summed E-state index contributed by atoms with van der Waals surface area (Å²) in [4.78, 5) is 0. The van der Waals surface area contributed by atoms with Gasteiger partial charge in [0, 0.05) is 36.6 Å². The monoisotopic (exact) mass is 296 g/mol. The summed E-state index contributed by atoms with van der Waals surface area (Å²) in [5.74, 6) is 0. The van der Waals surface area contributed by atoms with E-state index in [0.717, 1.165) is 16.5 Å². The van der Waals surface area contributed by atoms with Gasteiger partial charge in [-0.1, -0.05) is 36.4 Å². The second-order valence-electron chi connectivity index (χ2n) is 5.40. The molecule has 106 valence electrons. The van der Waals surface area contributed by atoms with Crippen molar-refractivity contribution in [3.8, 4) is 0 Å².